The number of alkyl halides is 3. The molecule has 172 valence electrons. The molecule has 1 amide bonds. The van der Waals surface area contributed by atoms with Gasteiger partial charge in [-0.1, -0.05) is 17.7 Å². The van der Waals surface area contributed by atoms with Crippen molar-refractivity contribution in [3.05, 3.63) is 86.8 Å². The third kappa shape index (κ3) is 4.63. The fourth-order valence-corrected chi connectivity index (χ4v) is 3.70. The molecule has 0 bridgehead atoms. The lowest BCUT2D eigenvalue weighted by molar-refractivity contribution is -0.275. The van der Waals surface area contributed by atoms with Crippen LogP contribution in [-0.2, 0) is 5.54 Å². The second-order valence-electron chi connectivity index (χ2n) is 7.09. The highest BCUT2D eigenvalue weighted by atomic mass is 35.5. The Morgan fingerprint density at radius 3 is 2.70 bits per heavy atom. The first-order valence-electron chi connectivity index (χ1n) is 9.43. The Balaban J connectivity index is 1.83. The summed E-state index contributed by atoms with van der Waals surface area (Å²) in [5.74, 6) is -2.74. The second-order valence-corrected chi connectivity index (χ2v) is 7.53. The van der Waals surface area contributed by atoms with Crippen LogP contribution in [-0.4, -0.2) is 28.8 Å². The Hall–Kier alpha value is -3.60. The minimum Gasteiger partial charge on any atom is -0.491 e. The molecule has 33 heavy (non-hydrogen) atoms. The number of nitrogens with zero attached hydrogens (tertiary/aromatic N) is 1. The predicted octanol–water partition coefficient (Wildman–Crippen LogP) is 3.92. The van der Waals surface area contributed by atoms with Crippen molar-refractivity contribution in [2.45, 2.75) is 18.3 Å². The van der Waals surface area contributed by atoms with Crippen molar-refractivity contribution in [1.82, 2.24) is 15.3 Å². The van der Waals surface area contributed by atoms with Crippen molar-refractivity contribution < 1.29 is 31.8 Å². The molecule has 0 saturated heterocycles. The van der Waals surface area contributed by atoms with Crippen LogP contribution >= 0.6 is 11.6 Å². The van der Waals surface area contributed by atoms with Crippen LogP contribution in [0.1, 0.15) is 28.0 Å². The summed E-state index contributed by atoms with van der Waals surface area (Å²) < 4.78 is 61.6. The van der Waals surface area contributed by atoms with Gasteiger partial charge >= 0.3 is 6.36 Å². The van der Waals surface area contributed by atoms with Crippen LogP contribution in [0.25, 0.3) is 0 Å². The smallest absolute Gasteiger partial charge is 0.491 e. The number of rotatable bonds is 4. The molecule has 0 radical (unpaired) electrons. The Morgan fingerprint density at radius 1 is 1.24 bits per heavy atom. The maximum atomic E-state index is 14.6. The Bertz CT molecular complexity index is 1260. The normalized spacial score (nSPS) is 17.6. The van der Waals surface area contributed by atoms with Gasteiger partial charge in [-0.2, -0.15) is 0 Å². The van der Waals surface area contributed by atoms with Crippen molar-refractivity contribution in [2.75, 3.05) is 6.61 Å². The number of fused-ring (bicyclic) bond motifs is 1. The van der Waals surface area contributed by atoms with Crippen LogP contribution in [0.15, 0.2) is 53.6 Å². The van der Waals surface area contributed by atoms with E-state index < -0.39 is 34.9 Å². The number of hydrogen-bond donors (Lipinski definition) is 2. The molecule has 1 atom stereocenters. The van der Waals surface area contributed by atoms with Crippen LogP contribution in [0.5, 0.6) is 11.5 Å². The van der Waals surface area contributed by atoms with Crippen molar-refractivity contribution >= 4 is 17.5 Å². The third-order valence-corrected chi connectivity index (χ3v) is 5.19. The Kier molecular flexibility index (Phi) is 5.75. The highest BCUT2D eigenvalue weighted by molar-refractivity contribution is 6.30. The molecule has 3 aromatic rings. The first-order valence-corrected chi connectivity index (χ1v) is 9.81. The van der Waals surface area contributed by atoms with Gasteiger partial charge in [-0.25, -0.2) is 4.39 Å². The first kappa shape index (κ1) is 22.6. The summed E-state index contributed by atoms with van der Waals surface area (Å²) in [6, 6.07) is 6.75. The zero-order chi connectivity index (χ0) is 23.8. The highest BCUT2D eigenvalue weighted by Gasteiger charge is 2.43. The van der Waals surface area contributed by atoms with Gasteiger partial charge in [0.25, 0.3) is 5.91 Å². The number of H-pyrrole nitrogens is 1. The van der Waals surface area contributed by atoms with Gasteiger partial charge in [0.1, 0.15) is 17.0 Å². The van der Waals surface area contributed by atoms with E-state index in [2.05, 4.69) is 20.0 Å². The van der Waals surface area contributed by atoms with E-state index in [9.17, 15) is 27.2 Å². The zero-order valence-electron chi connectivity index (χ0n) is 16.5. The van der Waals surface area contributed by atoms with E-state index in [0.29, 0.717) is 0 Å². The molecule has 2 aromatic heterocycles. The van der Waals surface area contributed by atoms with Crippen LogP contribution in [0.4, 0.5) is 17.6 Å². The average Bonchev–Trinajstić information content (AvgIpc) is 2.74. The van der Waals surface area contributed by atoms with Crippen LogP contribution in [0, 0.1) is 5.82 Å². The lowest BCUT2D eigenvalue weighted by atomic mass is 9.81. The Labute approximate surface area is 188 Å². The minimum atomic E-state index is -5.08. The average molecular weight is 484 g/mol. The topological polar surface area (TPSA) is 93.3 Å². The van der Waals surface area contributed by atoms with Crippen LogP contribution in [0.2, 0.25) is 5.02 Å². The van der Waals surface area contributed by atoms with Gasteiger partial charge in [0.05, 0.1) is 17.2 Å². The standard InChI is InChI=1S/C21H14ClF4N3O4/c22-13-8-16-18(28-10-13)20(5-6-32-16,29-19(31)11-1-4-17(30)27-9-11)12-2-3-15(14(23)7-12)33-21(24,25)26/h1-4,7-10H,5-6H2,(H,27,30)(H,29,31). The molecule has 0 saturated carbocycles. The lowest BCUT2D eigenvalue weighted by Gasteiger charge is -2.39. The van der Waals surface area contributed by atoms with Crippen molar-refractivity contribution in [3.63, 3.8) is 0 Å². The summed E-state index contributed by atoms with van der Waals surface area (Å²) in [5.41, 5.74) is -1.53. The van der Waals surface area contributed by atoms with Crippen LogP contribution in [0.3, 0.4) is 0 Å². The molecule has 1 unspecified atom stereocenters. The number of amides is 1. The number of aromatic nitrogens is 2. The molecule has 0 aliphatic carbocycles. The second kappa shape index (κ2) is 8.39. The maximum Gasteiger partial charge on any atom is 0.573 e. The quantitative estimate of drug-likeness (QED) is 0.549. The molecule has 1 aliphatic rings. The molecule has 2 N–H and O–H groups in total. The molecule has 3 heterocycles. The van der Waals surface area contributed by atoms with Crippen molar-refractivity contribution in [2.24, 2.45) is 0 Å². The molecule has 7 nitrogen and oxygen atoms in total. The third-order valence-electron chi connectivity index (χ3n) is 4.98. The minimum absolute atomic E-state index is 0.0589. The van der Waals surface area contributed by atoms with E-state index in [0.717, 1.165) is 18.2 Å². The lowest BCUT2D eigenvalue weighted by Crippen LogP contribution is -2.50. The number of hydrogen-bond acceptors (Lipinski definition) is 5. The SMILES string of the molecule is O=C(NC1(c2ccc(OC(F)(F)F)c(F)c2)CCOc2cc(Cl)cnc21)c1ccc(=O)[nH]c1. The zero-order valence-corrected chi connectivity index (χ0v) is 17.3. The predicted molar refractivity (Wildman–Crippen MR) is 108 cm³/mol. The van der Waals surface area contributed by atoms with Crippen molar-refractivity contribution in [3.8, 4) is 11.5 Å². The number of nitrogens with one attached hydrogen (secondary N) is 2. The fourth-order valence-electron chi connectivity index (χ4n) is 3.55. The molecule has 0 spiro atoms. The first-order chi connectivity index (χ1) is 15.6. The van der Waals surface area contributed by atoms with E-state index in [1.165, 1.54) is 30.6 Å². The van der Waals surface area contributed by atoms with E-state index in [1.54, 1.807) is 0 Å². The van der Waals surface area contributed by atoms with Gasteiger partial charge in [-0.3, -0.25) is 14.6 Å². The number of halogens is 5. The van der Waals surface area contributed by atoms with E-state index in [1.807, 2.05) is 0 Å². The van der Waals surface area contributed by atoms with E-state index in [4.69, 9.17) is 16.3 Å². The summed E-state index contributed by atoms with van der Waals surface area (Å²) in [7, 11) is 0. The number of benzene rings is 1. The summed E-state index contributed by atoms with van der Waals surface area (Å²) in [5, 5.41) is 3.03. The summed E-state index contributed by atoms with van der Waals surface area (Å²) in [6.45, 7) is 0.0589. The van der Waals surface area contributed by atoms with Crippen molar-refractivity contribution in [1.29, 1.82) is 0 Å². The molecule has 4 rings (SSSR count). The van der Waals surface area contributed by atoms with Crippen LogP contribution < -0.4 is 20.3 Å². The van der Waals surface area contributed by atoms with Gasteiger partial charge in [-0.05, 0) is 23.8 Å². The van der Waals surface area contributed by atoms with Gasteiger partial charge < -0.3 is 19.8 Å². The maximum absolute atomic E-state index is 14.6. The fraction of sp³-hybridized carbons (Fsp3) is 0.190. The molecule has 1 aromatic carbocycles. The molecular weight excluding hydrogens is 470 g/mol. The van der Waals surface area contributed by atoms with E-state index >= 15 is 0 Å². The Morgan fingerprint density at radius 2 is 2.03 bits per heavy atom. The number of carbonyl (C=O) groups excluding carboxylic acids is 1. The monoisotopic (exact) mass is 483 g/mol. The molecule has 12 heteroatoms. The number of pyridine rings is 2. The largest absolute Gasteiger partial charge is 0.573 e. The molecular formula is C21H14ClF4N3O4. The summed E-state index contributed by atoms with van der Waals surface area (Å²) in [6.07, 6.45) is -2.51. The molecule has 1 aliphatic heterocycles. The number of aromatic amines is 1. The van der Waals surface area contributed by atoms with Gasteiger partial charge in [0, 0.05) is 30.9 Å². The van der Waals surface area contributed by atoms with Gasteiger partial charge in [-0.15, -0.1) is 13.2 Å². The van der Waals surface area contributed by atoms with Gasteiger partial charge in [0.15, 0.2) is 11.6 Å². The highest BCUT2D eigenvalue weighted by Crippen LogP contribution is 2.42. The van der Waals surface area contributed by atoms with E-state index in [-0.39, 0.29) is 40.6 Å². The summed E-state index contributed by atoms with van der Waals surface area (Å²) >= 11 is 5.99. The molecule has 0 fully saturated rings. The number of carbonyl (C=O) groups is 1. The summed E-state index contributed by atoms with van der Waals surface area (Å²) in [4.78, 5) is 31.0. The number of ether oxygens (including phenoxy) is 2. The van der Waals surface area contributed by atoms with Gasteiger partial charge in [0.2, 0.25) is 5.56 Å².